The Balaban J connectivity index is 1.54. The molecule has 0 aliphatic carbocycles. The number of hydrogen-bond acceptors (Lipinski definition) is 5. The fourth-order valence-electron chi connectivity index (χ4n) is 3.02. The van der Waals surface area contributed by atoms with Crippen LogP contribution in [0.2, 0.25) is 0 Å². The van der Waals surface area contributed by atoms with Crippen LogP contribution in [-0.4, -0.2) is 51.4 Å². The van der Waals surface area contributed by atoms with Gasteiger partial charge in [0.05, 0.1) is 18.8 Å². The van der Waals surface area contributed by atoms with E-state index >= 15 is 0 Å². The number of fused-ring (bicyclic) bond motifs is 1. The maximum Gasteiger partial charge on any atom is 0.191 e. The van der Waals surface area contributed by atoms with Crippen LogP contribution in [-0.2, 0) is 6.42 Å². The van der Waals surface area contributed by atoms with Crippen LogP contribution in [0.25, 0.3) is 5.65 Å². The summed E-state index contributed by atoms with van der Waals surface area (Å²) in [7, 11) is 0. The van der Waals surface area contributed by atoms with Crippen molar-refractivity contribution in [3.8, 4) is 5.75 Å². The highest BCUT2D eigenvalue weighted by molar-refractivity contribution is 5.79. The molecule has 3 N–H and O–H groups in total. The molecule has 8 nitrogen and oxygen atoms in total. The van der Waals surface area contributed by atoms with Gasteiger partial charge in [-0.2, -0.15) is 0 Å². The molecule has 0 saturated carbocycles. The van der Waals surface area contributed by atoms with Crippen molar-refractivity contribution in [3.63, 3.8) is 0 Å². The summed E-state index contributed by atoms with van der Waals surface area (Å²) in [6.45, 7) is 7.62. The van der Waals surface area contributed by atoms with Crippen molar-refractivity contribution in [2.45, 2.75) is 39.4 Å². The molecule has 2 aromatic heterocycles. The lowest BCUT2D eigenvalue weighted by atomic mass is 10.1. The molecule has 0 fully saturated rings. The van der Waals surface area contributed by atoms with Crippen LogP contribution in [0.5, 0.6) is 5.75 Å². The third-order valence-corrected chi connectivity index (χ3v) is 4.43. The summed E-state index contributed by atoms with van der Waals surface area (Å²) in [5, 5.41) is 25.4. The number of ether oxygens (including phenoxy) is 1. The van der Waals surface area contributed by atoms with E-state index in [0.29, 0.717) is 18.9 Å². The number of aliphatic imine (C=N–C) groups is 1. The summed E-state index contributed by atoms with van der Waals surface area (Å²) < 4.78 is 7.61. The summed E-state index contributed by atoms with van der Waals surface area (Å²) >= 11 is 0. The number of nitrogens with zero attached hydrogens (tertiary/aromatic N) is 4. The minimum atomic E-state index is -0.686. The van der Waals surface area contributed by atoms with Gasteiger partial charge in [0.15, 0.2) is 11.6 Å². The molecule has 0 aliphatic heterocycles. The first-order chi connectivity index (χ1) is 14.6. The lowest BCUT2D eigenvalue weighted by molar-refractivity contribution is 0.186. The minimum absolute atomic E-state index is 0.120. The molecule has 1 atom stereocenters. The average Bonchev–Trinajstić information content (AvgIpc) is 3.15. The zero-order valence-corrected chi connectivity index (χ0v) is 17.7. The van der Waals surface area contributed by atoms with E-state index in [4.69, 9.17) is 4.74 Å². The molecular formula is C22H30N6O2. The quantitative estimate of drug-likeness (QED) is 0.370. The Hall–Kier alpha value is -3.13. The van der Waals surface area contributed by atoms with Gasteiger partial charge in [0.2, 0.25) is 0 Å². The van der Waals surface area contributed by atoms with E-state index in [9.17, 15) is 5.11 Å². The monoisotopic (exact) mass is 410 g/mol. The van der Waals surface area contributed by atoms with Crippen molar-refractivity contribution < 1.29 is 9.84 Å². The van der Waals surface area contributed by atoms with Crippen molar-refractivity contribution in [1.82, 2.24) is 25.2 Å². The van der Waals surface area contributed by atoms with Gasteiger partial charge in [-0.1, -0.05) is 18.2 Å². The molecule has 2 heterocycles. The van der Waals surface area contributed by atoms with Crippen molar-refractivity contribution >= 4 is 11.6 Å². The molecule has 0 saturated heterocycles. The number of rotatable bonds is 9. The molecule has 0 radical (unpaired) electrons. The Labute approximate surface area is 177 Å². The number of aliphatic hydroxyl groups excluding tert-OH is 1. The van der Waals surface area contributed by atoms with Gasteiger partial charge in [0.25, 0.3) is 0 Å². The van der Waals surface area contributed by atoms with Gasteiger partial charge in [0.1, 0.15) is 11.6 Å². The minimum Gasteiger partial charge on any atom is -0.491 e. The van der Waals surface area contributed by atoms with Gasteiger partial charge in [-0.05, 0) is 50.6 Å². The summed E-state index contributed by atoms with van der Waals surface area (Å²) in [4.78, 5) is 4.51. The zero-order valence-electron chi connectivity index (χ0n) is 17.7. The van der Waals surface area contributed by atoms with Crippen LogP contribution < -0.4 is 15.4 Å². The molecule has 0 spiro atoms. The van der Waals surface area contributed by atoms with Gasteiger partial charge in [-0.15, -0.1) is 10.2 Å². The SMILES string of the molecule is CCNC(=NCC(O)c1ccc(OC(C)C)cc1)NCCc1nnc2ccccn12. The molecule has 0 amide bonds. The molecule has 0 aliphatic rings. The summed E-state index contributed by atoms with van der Waals surface area (Å²) in [5.41, 5.74) is 1.64. The van der Waals surface area contributed by atoms with Gasteiger partial charge >= 0.3 is 0 Å². The average molecular weight is 411 g/mol. The third kappa shape index (κ3) is 5.93. The van der Waals surface area contributed by atoms with Gasteiger partial charge in [0, 0.05) is 25.7 Å². The molecule has 160 valence electrons. The second-order valence-corrected chi connectivity index (χ2v) is 7.19. The number of hydrogen-bond donors (Lipinski definition) is 3. The Morgan fingerprint density at radius 2 is 1.93 bits per heavy atom. The van der Waals surface area contributed by atoms with Crippen molar-refractivity contribution in [1.29, 1.82) is 0 Å². The van der Waals surface area contributed by atoms with E-state index in [2.05, 4.69) is 25.8 Å². The highest BCUT2D eigenvalue weighted by atomic mass is 16.5. The van der Waals surface area contributed by atoms with Gasteiger partial charge in [-0.25, -0.2) is 0 Å². The molecule has 8 heteroatoms. The molecular weight excluding hydrogens is 380 g/mol. The first-order valence-corrected chi connectivity index (χ1v) is 10.3. The molecule has 3 rings (SSSR count). The molecule has 0 bridgehead atoms. The van der Waals surface area contributed by atoms with E-state index in [1.165, 1.54) is 0 Å². The van der Waals surface area contributed by atoms with E-state index in [-0.39, 0.29) is 12.6 Å². The van der Waals surface area contributed by atoms with Crippen LogP contribution >= 0.6 is 0 Å². The van der Waals surface area contributed by atoms with Crippen LogP contribution in [0.1, 0.15) is 38.3 Å². The molecule has 3 aromatic rings. The van der Waals surface area contributed by atoms with Crippen LogP contribution in [0.4, 0.5) is 0 Å². The maximum absolute atomic E-state index is 10.5. The predicted octanol–water partition coefficient (Wildman–Crippen LogP) is 2.35. The first-order valence-electron chi connectivity index (χ1n) is 10.3. The molecule has 1 aromatic carbocycles. The fourth-order valence-corrected chi connectivity index (χ4v) is 3.02. The van der Waals surface area contributed by atoms with Crippen LogP contribution in [0.15, 0.2) is 53.7 Å². The van der Waals surface area contributed by atoms with E-state index in [1.807, 2.05) is 73.8 Å². The Morgan fingerprint density at radius 1 is 1.13 bits per heavy atom. The van der Waals surface area contributed by atoms with Crippen LogP contribution in [0.3, 0.4) is 0 Å². The number of pyridine rings is 1. The maximum atomic E-state index is 10.5. The molecule has 30 heavy (non-hydrogen) atoms. The number of guanidine groups is 1. The zero-order chi connectivity index (χ0) is 21.3. The first kappa shape index (κ1) is 21.6. The third-order valence-electron chi connectivity index (χ3n) is 4.43. The largest absolute Gasteiger partial charge is 0.491 e. The van der Waals surface area contributed by atoms with Crippen molar-refractivity contribution in [2.75, 3.05) is 19.6 Å². The number of aliphatic hydroxyl groups is 1. The second kappa shape index (κ2) is 10.6. The smallest absolute Gasteiger partial charge is 0.191 e. The molecule has 1 unspecified atom stereocenters. The van der Waals surface area contributed by atoms with Crippen molar-refractivity contribution in [2.24, 2.45) is 4.99 Å². The second-order valence-electron chi connectivity index (χ2n) is 7.19. The van der Waals surface area contributed by atoms with Crippen molar-refractivity contribution in [3.05, 3.63) is 60.0 Å². The fraction of sp³-hybridized carbons (Fsp3) is 0.409. The lowest BCUT2D eigenvalue weighted by Gasteiger charge is -2.14. The summed E-state index contributed by atoms with van der Waals surface area (Å²) in [6.07, 6.45) is 2.09. The van der Waals surface area contributed by atoms with Gasteiger partial charge < -0.3 is 20.5 Å². The predicted molar refractivity (Wildman–Crippen MR) is 118 cm³/mol. The highest BCUT2D eigenvalue weighted by Gasteiger charge is 2.09. The highest BCUT2D eigenvalue weighted by Crippen LogP contribution is 2.19. The Bertz CT molecular complexity index is 952. The summed E-state index contributed by atoms with van der Waals surface area (Å²) in [6, 6.07) is 13.3. The summed E-state index contributed by atoms with van der Waals surface area (Å²) in [5.74, 6) is 2.34. The number of aromatic nitrogens is 3. The normalized spacial score (nSPS) is 12.9. The Kier molecular flexibility index (Phi) is 7.62. The van der Waals surface area contributed by atoms with E-state index in [1.54, 1.807) is 0 Å². The van der Waals surface area contributed by atoms with Gasteiger partial charge in [-0.3, -0.25) is 9.39 Å². The topological polar surface area (TPSA) is 96.1 Å². The number of benzene rings is 1. The number of nitrogens with one attached hydrogen (secondary N) is 2. The Morgan fingerprint density at radius 3 is 2.67 bits per heavy atom. The van der Waals surface area contributed by atoms with E-state index in [0.717, 1.165) is 29.3 Å². The standard InChI is InChI=1S/C22H30N6O2/c1-4-23-22(24-13-12-21-27-26-20-7-5-6-14-28(20)21)25-15-19(29)17-8-10-18(11-9-17)30-16(2)3/h5-11,14,16,19,29H,4,12-13,15H2,1-3H3,(H2,23,24,25). The lowest BCUT2D eigenvalue weighted by Crippen LogP contribution is -2.38. The van der Waals surface area contributed by atoms with E-state index < -0.39 is 6.10 Å². The van der Waals surface area contributed by atoms with Crippen LogP contribution in [0, 0.1) is 0 Å².